The molecule has 0 spiro atoms. The van der Waals surface area contributed by atoms with Crippen molar-refractivity contribution in [1.82, 2.24) is 10.4 Å². The number of ether oxygens (including phenoxy) is 1. The van der Waals surface area contributed by atoms with E-state index in [2.05, 4.69) is 24.3 Å². The van der Waals surface area contributed by atoms with E-state index in [1.807, 2.05) is 24.3 Å². The maximum atomic E-state index is 6.06. The van der Waals surface area contributed by atoms with Gasteiger partial charge >= 0.3 is 0 Å². The van der Waals surface area contributed by atoms with Gasteiger partial charge in [-0.15, -0.1) is 24.8 Å². The predicted octanol–water partition coefficient (Wildman–Crippen LogP) is 4.33. The van der Waals surface area contributed by atoms with Crippen LogP contribution in [0.5, 0.6) is 5.75 Å². The van der Waals surface area contributed by atoms with Crippen LogP contribution in [0, 0.1) is 0 Å². The molecule has 21 heavy (non-hydrogen) atoms. The Hall–Kier alpha value is -0.190. The molecule has 0 bridgehead atoms. The van der Waals surface area contributed by atoms with Gasteiger partial charge in [-0.1, -0.05) is 31.5 Å². The number of nitrogens with zero attached hydrogens (tertiary/aromatic N) is 1. The monoisotopic (exact) mass is 354 g/mol. The average Bonchev–Trinajstić information content (AvgIpc) is 2.41. The van der Waals surface area contributed by atoms with Crippen LogP contribution in [0.1, 0.15) is 33.1 Å². The summed E-state index contributed by atoms with van der Waals surface area (Å²) in [6, 6.07) is 8.22. The van der Waals surface area contributed by atoms with Gasteiger partial charge in [-0.2, -0.15) is 0 Å². The Balaban J connectivity index is 0.00000200. The van der Waals surface area contributed by atoms with Crippen molar-refractivity contribution in [2.24, 2.45) is 0 Å². The zero-order valence-corrected chi connectivity index (χ0v) is 14.9. The maximum absolute atomic E-state index is 6.06. The number of rotatable bonds is 5. The molecule has 1 saturated heterocycles. The molecule has 1 heterocycles. The first-order valence-corrected chi connectivity index (χ1v) is 7.53. The molecule has 0 radical (unpaired) electrons. The molecule has 1 aromatic carbocycles. The first-order chi connectivity index (χ1) is 9.22. The van der Waals surface area contributed by atoms with E-state index in [0.29, 0.717) is 12.1 Å². The number of hydrazine groups is 1. The summed E-state index contributed by atoms with van der Waals surface area (Å²) in [5.41, 5.74) is 3.44. The molecular formula is C15H25Cl3N2O. The molecule has 1 N–H and O–H groups in total. The number of hydrogen-bond donors (Lipinski definition) is 1. The Kier molecular flexibility index (Phi) is 10.4. The van der Waals surface area contributed by atoms with E-state index in [-0.39, 0.29) is 24.8 Å². The minimum Gasteiger partial charge on any atom is -0.490 e. The number of hydrogen-bond acceptors (Lipinski definition) is 3. The highest BCUT2D eigenvalue weighted by molar-refractivity contribution is 6.30. The third-order valence-electron chi connectivity index (χ3n) is 3.60. The average molecular weight is 356 g/mol. The summed E-state index contributed by atoms with van der Waals surface area (Å²) in [6.45, 7) is 6.39. The molecule has 1 fully saturated rings. The van der Waals surface area contributed by atoms with Crippen LogP contribution in [0.15, 0.2) is 24.3 Å². The van der Waals surface area contributed by atoms with E-state index < -0.39 is 0 Å². The number of piperidine rings is 1. The first-order valence-electron chi connectivity index (χ1n) is 7.15. The lowest BCUT2D eigenvalue weighted by molar-refractivity contribution is 0.0220. The summed E-state index contributed by atoms with van der Waals surface area (Å²) in [4.78, 5) is 0. The van der Waals surface area contributed by atoms with Crippen LogP contribution in [0.2, 0.25) is 5.02 Å². The van der Waals surface area contributed by atoms with Gasteiger partial charge in [0.05, 0.1) is 0 Å². The van der Waals surface area contributed by atoms with E-state index in [4.69, 9.17) is 16.3 Å². The van der Waals surface area contributed by atoms with Gasteiger partial charge in [0.15, 0.2) is 0 Å². The lowest BCUT2D eigenvalue weighted by Crippen LogP contribution is -2.52. The fourth-order valence-corrected chi connectivity index (χ4v) is 2.83. The van der Waals surface area contributed by atoms with Crippen molar-refractivity contribution in [3.05, 3.63) is 29.3 Å². The largest absolute Gasteiger partial charge is 0.490 e. The summed E-state index contributed by atoms with van der Waals surface area (Å²) in [6.07, 6.45) is 3.55. The quantitative estimate of drug-likeness (QED) is 0.851. The Morgan fingerprint density at radius 1 is 1.33 bits per heavy atom. The van der Waals surface area contributed by atoms with Crippen molar-refractivity contribution in [1.29, 1.82) is 0 Å². The third-order valence-corrected chi connectivity index (χ3v) is 3.83. The summed E-state index contributed by atoms with van der Waals surface area (Å²) < 4.78 is 6.06. The predicted molar refractivity (Wildman–Crippen MR) is 94.1 cm³/mol. The van der Waals surface area contributed by atoms with Crippen molar-refractivity contribution >= 4 is 36.4 Å². The van der Waals surface area contributed by atoms with Crippen LogP contribution in [0.4, 0.5) is 0 Å². The standard InChI is InChI=1S/C15H23ClN2O.2ClH/c1-3-13-11-15(8-9-18(13)17-4-2)19-14-7-5-6-12(16)10-14;;/h5-7,10,13,15,17H,3-4,8-9,11H2,1-2H3;2*1H. The maximum Gasteiger partial charge on any atom is 0.121 e. The molecule has 3 nitrogen and oxygen atoms in total. The van der Waals surface area contributed by atoms with Crippen LogP contribution >= 0.6 is 36.4 Å². The second-order valence-electron chi connectivity index (χ2n) is 4.99. The highest BCUT2D eigenvalue weighted by Crippen LogP contribution is 2.25. The smallest absolute Gasteiger partial charge is 0.121 e. The summed E-state index contributed by atoms with van der Waals surface area (Å²) in [5, 5.41) is 3.09. The molecule has 0 aromatic heterocycles. The van der Waals surface area contributed by atoms with Crippen molar-refractivity contribution in [2.75, 3.05) is 13.1 Å². The normalized spacial score (nSPS) is 22.0. The Bertz CT molecular complexity index is 406. The number of halogens is 3. The third kappa shape index (κ3) is 6.21. The van der Waals surface area contributed by atoms with E-state index in [9.17, 15) is 0 Å². The first kappa shape index (κ1) is 20.8. The zero-order chi connectivity index (χ0) is 13.7. The van der Waals surface area contributed by atoms with Crippen molar-refractivity contribution < 1.29 is 4.74 Å². The number of nitrogens with one attached hydrogen (secondary N) is 1. The number of benzene rings is 1. The van der Waals surface area contributed by atoms with Gasteiger partial charge in [-0.25, -0.2) is 5.01 Å². The fourth-order valence-electron chi connectivity index (χ4n) is 2.65. The molecule has 122 valence electrons. The fraction of sp³-hybridized carbons (Fsp3) is 0.600. The summed E-state index contributed by atoms with van der Waals surface area (Å²) in [7, 11) is 0. The lowest BCUT2D eigenvalue weighted by Gasteiger charge is -2.39. The van der Waals surface area contributed by atoms with Gasteiger partial charge in [0.1, 0.15) is 11.9 Å². The topological polar surface area (TPSA) is 24.5 Å². The summed E-state index contributed by atoms with van der Waals surface area (Å²) >= 11 is 5.98. The van der Waals surface area contributed by atoms with E-state index in [0.717, 1.165) is 43.1 Å². The molecule has 2 unspecified atom stereocenters. The molecule has 1 aliphatic rings. The molecule has 2 atom stereocenters. The van der Waals surface area contributed by atoms with Crippen LogP contribution in [0.3, 0.4) is 0 Å². The second kappa shape index (κ2) is 10.5. The minimum atomic E-state index is 0. The zero-order valence-electron chi connectivity index (χ0n) is 12.5. The molecule has 0 aliphatic carbocycles. The molecule has 2 rings (SSSR count). The van der Waals surface area contributed by atoms with Crippen molar-refractivity contribution in [2.45, 2.75) is 45.3 Å². The molecule has 0 amide bonds. The van der Waals surface area contributed by atoms with Gasteiger partial charge in [-0.05, 0) is 31.0 Å². The van der Waals surface area contributed by atoms with Gasteiger partial charge in [0.25, 0.3) is 0 Å². The Morgan fingerprint density at radius 3 is 2.71 bits per heavy atom. The second-order valence-corrected chi connectivity index (χ2v) is 5.43. The van der Waals surface area contributed by atoms with Gasteiger partial charge in [0.2, 0.25) is 0 Å². The van der Waals surface area contributed by atoms with E-state index in [1.54, 1.807) is 0 Å². The van der Waals surface area contributed by atoms with E-state index in [1.165, 1.54) is 0 Å². The minimum absolute atomic E-state index is 0. The molecule has 1 aromatic rings. The highest BCUT2D eigenvalue weighted by atomic mass is 35.5. The summed E-state index contributed by atoms with van der Waals surface area (Å²) in [5.74, 6) is 0.879. The lowest BCUT2D eigenvalue weighted by atomic mass is 9.99. The molecule has 1 aliphatic heterocycles. The SMILES string of the molecule is CCNN1CCC(Oc2cccc(Cl)c2)CC1CC.Cl.Cl. The highest BCUT2D eigenvalue weighted by Gasteiger charge is 2.28. The van der Waals surface area contributed by atoms with Crippen LogP contribution in [-0.2, 0) is 0 Å². The molecule has 0 saturated carbocycles. The van der Waals surface area contributed by atoms with Crippen LogP contribution in [-0.4, -0.2) is 30.2 Å². The Morgan fingerprint density at radius 2 is 2.10 bits per heavy atom. The van der Waals surface area contributed by atoms with Gasteiger partial charge < -0.3 is 4.74 Å². The van der Waals surface area contributed by atoms with Crippen molar-refractivity contribution in [3.8, 4) is 5.75 Å². The van der Waals surface area contributed by atoms with Crippen LogP contribution < -0.4 is 10.2 Å². The Labute approximate surface area is 145 Å². The molecule has 6 heteroatoms. The van der Waals surface area contributed by atoms with Gasteiger partial charge in [-0.3, -0.25) is 5.43 Å². The van der Waals surface area contributed by atoms with Crippen LogP contribution in [0.25, 0.3) is 0 Å². The molecular weight excluding hydrogens is 331 g/mol. The van der Waals surface area contributed by atoms with Crippen molar-refractivity contribution in [3.63, 3.8) is 0 Å². The van der Waals surface area contributed by atoms with E-state index >= 15 is 0 Å². The van der Waals surface area contributed by atoms with Gasteiger partial charge in [0, 0.05) is 30.6 Å².